The zero-order valence-electron chi connectivity index (χ0n) is 15.0. The molecule has 5 aliphatic rings. The Kier molecular flexibility index (Phi) is 3.96. The van der Waals surface area contributed by atoms with Crippen LogP contribution in [0.25, 0.3) is 0 Å². The van der Waals surface area contributed by atoms with Crippen LogP contribution in [0.15, 0.2) is 18.2 Å². The van der Waals surface area contributed by atoms with Gasteiger partial charge in [-0.3, -0.25) is 9.69 Å². The zero-order chi connectivity index (χ0) is 16.8. The van der Waals surface area contributed by atoms with Crippen molar-refractivity contribution in [2.24, 2.45) is 11.8 Å². The van der Waals surface area contributed by atoms with Gasteiger partial charge in [0.2, 0.25) is 0 Å². The third-order valence-corrected chi connectivity index (χ3v) is 6.59. The predicted octanol–water partition coefficient (Wildman–Crippen LogP) is 2.99. The summed E-state index contributed by atoms with van der Waals surface area (Å²) in [6, 6.07) is 6.85. The molecule has 4 heterocycles. The summed E-state index contributed by atoms with van der Waals surface area (Å²) >= 11 is 0. The number of nitrogens with one attached hydrogen (secondary N) is 1. The third-order valence-electron chi connectivity index (χ3n) is 6.59. The number of fused-ring (bicyclic) bond motifs is 5. The van der Waals surface area contributed by atoms with Gasteiger partial charge in [-0.2, -0.15) is 0 Å². The van der Waals surface area contributed by atoms with E-state index in [9.17, 15) is 4.79 Å². The molecule has 1 aromatic carbocycles. The Morgan fingerprint density at radius 2 is 2.04 bits per heavy atom. The summed E-state index contributed by atoms with van der Waals surface area (Å²) < 4.78 is 0. The molecule has 25 heavy (non-hydrogen) atoms. The number of nitrogens with zero attached hydrogens (tertiary/aromatic N) is 2. The van der Waals surface area contributed by atoms with Crippen LogP contribution < -0.4 is 5.32 Å². The van der Waals surface area contributed by atoms with E-state index in [-0.39, 0.29) is 5.91 Å². The third kappa shape index (κ3) is 3.17. The molecule has 134 valence electrons. The Bertz CT molecular complexity index is 669. The summed E-state index contributed by atoms with van der Waals surface area (Å²) in [7, 11) is 0. The number of carbonyl (C=O) groups is 1. The molecule has 0 unspecified atom stereocenters. The summed E-state index contributed by atoms with van der Waals surface area (Å²) in [5.41, 5.74) is 3.41. The van der Waals surface area contributed by atoms with Crippen LogP contribution in [0.5, 0.6) is 0 Å². The van der Waals surface area contributed by atoms with Crippen LogP contribution in [0.3, 0.4) is 0 Å². The van der Waals surface area contributed by atoms with Crippen molar-refractivity contribution in [3.05, 3.63) is 29.3 Å². The van der Waals surface area contributed by atoms with E-state index in [1.54, 1.807) is 0 Å². The first kappa shape index (κ1) is 15.7. The van der Waals surface area contributed by atoms with Crippen molar-refractivity contribution in [2.75, 3.05) is 38.0 Å². The number of amides is 1. The molecule has 0 aromatic heterocycles. The molecule has 1 N–H and O–H groups in total. The predicted molar refractivity (Wildman–Crippen MR) is 100.0 cm³/mol. The summed E-state index contributed by atoms with van der Waals surface area (Å²) in [6.45, 7) is 5.41. The van der Waals surface area contributed by atoms with Gasteiger partial charge in [-0.05, 0) is 74.1 Å². The number of hydrogen-bond acceptors (Lipinski definition) is 3. The Hall–Kier alpha value is -1.55. The molecule has 3 saturated heterocycles. The first-order valence-electron chi connectivity index (χ1n) is 10.2. The molecule has 2 atom stereocenters. The molecule has 0 spiro atoms. The second-order valence-corrected chi connectivity index (χ2v) is 8.61. The molecule has 1 aliphatic carbocycles. The van der Waals surface area contributed by atoms with Crippen LogP contribution in [-0.4, -0.2) is 54.5 Å². The molecule has 4 aliphatic heterocycles. The van der Waals surface area contributed by atoms with Crippen molar-refractivity contribution in [3.8, 4) is 0 Å². The average Bonchev–Trinajstić information content (AvgIpc) is 3.48. The minimum atomic E-state index is 0.249. The fourth-order valence-electron chi connectivity index (χ4n) is 4.99. The maximum atomic E-state index is 13.2. The van der Waals surface area contributed by atoms with E-state index in [1.165, 1.54) is 50.0 Å². The van der Waals surface area contributed by atoms with Gasteiger partial charge in [0.25, 0.3) is 5.91 Å². The van der Waals surface area contributed by atoms with Gasteiger partial charge >= 0.3 is 0 Å². The zero-order valence-corrected chi connectivity index (χ0v) is 15.0. The SMILES string of the molecule is O=C(c1ccc2c(c1)CCCN2)N1C[C@H]2CC[C@@H](C1)N(CC1CC1)C2. The lowest BCUT2D eigenvalue weighted by atomic mass is 9.95. The first-order chi connectivity index (χ1) is 12.3. The average molecular weight is 339 g/mol. The molecule has 0 radical (unpaired) electrons. The van der Waals surface area contributed by atoms with Gasteiger partial charge in [0.1, 0.15) is 0 Å². The van der Waals surface area contributed by atoms with E-state index < -0.39 is 0 Å². The highest BCUT2D eigenvalue weighted by atomic mass is 16.2. The number of piperidine rings is 1. The van der Waals surface area contributed by atoms with Crippen LogP contribution in [0.2, 0.25) is 0 Å². The summed E-state index contributed by atoms with van der Waals surface area (Å²) in [6.07, 6.45) is 7.65. The maximum absolute atomic E-state index is 13.2. The van der Waals surface area contributed by atoms with Gasteiger partial charge < -0.3 is 10.2 Å². The Morgan fingerprint density at radius 3 is 2.92 bits per heavy atom. The largest absolute Gasteiger partial charge is 0.385 e. The minimum absolute atomic E-state index is 0.249. The van der Waals surface area contributed by atoms with Gasteiger partial charge in [0.05, 0.1) is 0 Å². The number of aryl methyl sites for hydroxylation is 1. The second kappa shape index (κ2) is 6.31. The summed E-state index contributed by atoms with van der Waals surface area (Å²) in [5, 5.41) is 3.44. The smallest absolute Gasteiger partial charge is 0.253 e. The monoisotopic (exact) mass is 339 g/mol. The van der Waals surface area contributed by atoms with Crippen molar-refractivity contribution in [1.29, 1.82) is 0 Å². The van der Waals surface area contributed by atoms with Crippen molar-refractivity contribution in [1.82, 2.24) is 9.80 Å². The van der Waals surface area contributed by atoms with E-state index in [4.69, 9.17) is 0 Å². The molecule has 4 nitrogen and oxygen atoms in total. The van der Waals surface area contributed by atoms with Gasteiger partial charge in [-0.1, -0.05) is 0 Å². The van der Waals surface area contributed by atoms with E-state index in [2.05, 4.69) is 27.2 Å². The molecule has 1 amide bonds. The molecule has 1 aromatic rings. The van der Waals surface area contributed by atoms with Gasteiger partial charge in [-0.25, -0.2) is 0 Å². The van der Waals surface area contributed by atoms with E-state index in [1.807, 2.05) is 6.07 Å². The normalized spacial score (nSPS) is 29.0. The number of carbonyl (C=O) groups excluding carboxylic acids is 1. The molecule has 6 rings (SSSR count). The molecular weight excluding hydrogens is 310 g/mol. The maximum Gasteiger partial charge on any atom is 0.253 e. The quantitative estimate of drug-likeness (QED) is 0.919. The number of rotatable bonds is 3. The van der Waals surface area contributed by atoms with E-state index in [0.29, 0.717) is 12.0 Å². The minimum Gasteiger partial charge on any atom is -0.385 e. The van der Waals surface area contributed by atoms with Gasteiger partial charge in [0, 0.05) is 50.0 Å². The molecule has 2 bridgehead atoms. The lowest BCUT2D eigenvalue weighted by Gasteiger charge is -2.36. The lowest BCUT2D eigenvalue weighted by molar-refractivity contribution is 0.0736. The Balaban J connectivity index is 1.33. The van der Waals surface area contributed by atoms with Crippen LogP contribution in [0, 0.1) is 11.8 Å². The van der Waals surface area contributed by atoms with Gasteiger partial charge in [-0.15, -0.1) is 0 Å². The highest BCUT2D eigenvalue weighted by Gasteiger charge is 2.38. The van der Waals surface area contributed by atoms with Crippen LogP contribution in [0.4, 0.5) is 5.69 Å². The van der Waals surface area contributed by atoms with Crippen LogP contribution >= 0.6 is 0 Å². The number of hydrogen-bond donors (Lipinski definition) is 1. The van der Waals surface area contributed by atoms with Crippen molar-refractivity contribution in [3.63, 3.8) is 0 Å². The first-order valence-corrected chi connectivity index (χ1v) is 10.2. The molecule has 4 heteroatoms. The Morgan fingerprint density at radius 1 is 1.12 bits per heavy atom. The molecule has 1 saturated carbocycles. The summed E-state index contributed by atoms with van der Waals surface area (Å²) in [5.74, 6) is 1.86. The lowest BCUT2D eigenvalue weighted by Crippen LogP contribution is -2.45. The topological polar surface area (TPSA) is 35.6 Å². The fraction of sp³-hybridized carbons (Fsp3) is 0.667. The molecule has 4 fully saturated rings. The highest BCUT2D eigenvalue weighted by molar-refractivity contribution is 5.95. The van der Waals surface area contributed by atoms with E-state index in [0.717, 1.165) is 44.0 Å². The van der Waals surface area contributed by atoms with Crippen molar-refractivity contribution >= 4 is 11.6 Å². The van der Waals surface area contributed by atoms with Crippen molar-refractivity contribution < 1.29 is 4.79 Å². The van der Waals surface area contributed by atoms with Crippen LogP contribution in [-0.2, 0) is 6.42 Å². The number of benzene rings is 1. The fourth-order valence-corrected chi connectivity index (χ4v) is 4.99. The molecular formula is C21H29N3O. The summed E-state index contributed by atoms with van der Waals surface area (Å²) in [4.78, 5) is 18.0. The standard InChI is InChI=1S/C21H29N3O/c25-21(18-6-8-20-17(10-18)2-1-9-22-20)24-13-16-5-7-19(14-24)23(12-16)11-15-3-4-15/h6,8,10,15-16,19,22H,1-5,7,9,11-14H2/t16-,19-/m0/s1. The van der Waals surface area contributed by atoms with Crippen molar-refractivity contribution in [2.45, 2.75) is 44.6 Å². The highest BCUT2D eigenvalue weighted by Crippen LogP contribution is 2.35. The van der Waals surface area contributed by atoms with E-state index >= 15 is 0 Å². The number of anilines is 1. The van der Waals surface area contributed by atoms with Crippen LogP contribution in [0.1, 0.15) is 48.0 Å². The second-order valence-electron chi connectivity index (χ2n) is 8.61. The van der Waals surface area contributed by atoms with Gasteiger partial charge in [0.15, 0.2) is 0 Å². The Labute approximate surface area is 150 Å².